The van der Waals surface area contributed by atoms with Crippen LogP contribution in [0.3, 0.4) is 0 Å². The molecule has 312 valence electrons. The number of piperazine rings is 1. The summed E-state index contributed by atoms with van der Waals surface area (Å²) in [5.74, 6) is -0.177. The molecule has 13 heteroatoms. The van der Waals surface area contributed by atoms with Crippen LogP contribution in [-0.4, -0.2) is 93.0 Å². The van der Waals surface area contributed by atoms with Crippen molar-refractivity contribution < 1.29 is 23.9 Å². The Hall–Kier alpha value is -5.01. The summed E-state index contributed by atoms with van der Waals surface area (Å²) in [5, 5.41) is 15.4. The van der Waals surface area contributed by atoms with E-state index in [0.717, 1.165) is 103 Å². The molecule has 2 aliphatic rings. The average molecular weight is 795 g/mol. The van der Waals surface area contributed by atoms with Gasteiger partial charge in [-0.25, -0.2) is 14.5 Å². The third kappa shape index (κ3) is 11.3. The number of amides is 3. The molecule has 0 saturated carbocycles. The standard InChI is InChI=1S/C45H62N8O5/c1-7-39-37(42(49-36-18-22-57-23-19-36)38-28-48-53(8-2)43(38)50-39)27-47-41(55)17-11-16-40(54)46-26-32-12-9-14-34(24-32)35-15-10-13-33(25-35)30-51-20-21-52(31(3)29-51)44(56)58-45(4,5)6/h9-10,12-15,24-25,28,31,36H,7-8,11,16-23,26-27,29-30H2,1-6H3,(H,46,54)(H,47,55)(H,49,50)/t31-/m0/s1. The molecule has 0 aliphatic carbocycles. The highest BCUT2D eigenvalue weighted by atomic mass is 16.6. The number of hydrogen-bond acceptors (Lipinski definition) is 9. The molecule has 0 bridgehead atoms. The molecule has 13 nitrogen and oxygen atoms in total. The van der Waals surface area contributed by atoms with Gasteiger partial charge in [0, 0.05) is 95.2 Å². The van der Waals surface area contributed by atoms with Gasteiger partial charge in [-0.2, -0.15) is 5.10 Å². The number of aryl methyl sites for hydroxylation is 2. The van der Waals surface area contributed by atoms with Crippen LogP contribution in [0.25, 0.3) is 22.2 Å². The predicted molar refractivity (Wildman–Crippen MR) is 227 cm³/mol. The van der Waals surface area contributed by atoms with Gasteiger partial charge in [-0.15, -0.1) is 0 Å². The van der Waals surface area contributed by atoms with E-state index < -0.39 is 5.60 Å². The summed E-state index contributed by atoms with van der Waals surface area (Å²) in [7, 11) is 0. The van der Waals surface area contributed by atoms with Crippen molar-refractivity contribution in [1.82, 2.24) is 35.2 Å². The molecule has 4 heterocycles. The molecular formula is C45H62N8O5. The normalized spacial score (nSPS) is 16.7. The summed E-state index contributed by atoms with van der Waals surface area (Å²) in [5.41, 5.74) is 7.67. The number of rotatable bonds is 15. The number of carbonyl (C=O) groups excluding carboxylic acids is 3. The first-order chi connectivity index (χ1) is 27.9. The second kappa shape index (κ2) is 19.6. The average Bonchev–Trinajstić information content (AvgIpc) is 3.62. The predicted octanol–water partition coefficient (Wildman–Crippen LogP) is 6.82. The van der Waals surface area contributed by atoms with E-state index in [-0.39, 0.29) is 42.8 Å². The summed E-state index contributed by atoms with van der Waals surface area (Å²) in [4.78, 5) is 47.8. The molecule has 0 unspecified atom stereocenters. The maximum atomic E-state index is 13.1. The zero-order chi connectivity index (χ0) is 41.2. The fourth-order valence-corrected chi connectivity index (χ4v) is 7.81. The minimum atomic E-state index is -0.512. The topological polar surface area (TPSA) is 143 Å². The summed E-state index contributed by atoms with van der Waals surface area (Å²) < 4.78 is 13.1. The van der Waals surface area contributed by atoms with Crippen molar-refractivity contribution in [2.45, 2.75) is 124 Å². The Kier molecular flexibility index (Phi) is 14.4. The smallest absolute Gasteiger partial charge is 0.410 e. The fraction of sp³-hybridized carbons (Fsp3) is 0.533. The lowest BCUT2D eigenvalue weighted by atomic mass is 10.0. The summed E-state index contributed by atoms with van der Waals surface area (Å²) in [6.45, 7) is 17.8. The van der Waals surface area contributed by atoms with E-state index in [1.54, 1.807) is 0 Å². The lowest BCUT2D eigenvalue weighted by Crippen LogP contribution is -2.54. The van der Waals surface area contributed by atoms with Crippen LogP contribution in [0, 0.1) is 0 Å². The van der Waals surface area contributed by atoms with Crippen molar-refractivity contribution in [3.05, 3.63) is 77.1 Å². The van der Waals surface area contributed by atoms with Crippen LogP contribution in [-0.2, 0) is 51.7 Å². The minimum Gasteiger partial charge on any atom is -0.444 e. The molecule has 2 saturated heterocycles. The first-order valence-electron chi connectivity index (χ1n) is 21.1. The summed E-state index contributed by atoms with van der Waals surface area (Å²) >= 11 is 0. The highest BCUT2D eigenvalue weighted by Gasteiger charge is 2.31. The lowest BCUT2D eigenvalue weighted by molar-refractivity contribution is -0.122. The fourth-order valence-electron chi connectivity index (χ4n) is 7.81. The van der Waals surface area contributed by atoms with Gasteiger partial charge in [0.2, 0.25) is 11.8 Å². The number of aromatic nitrogens is 3. The van der Waals surface area contributed by atoms with Gasteiger partial charge >= 0.3 is 6.09 Å². The molecule has 6 rings (SSSR count). The van der Waals surface area contributed by atoms with Gasteiger partial charge in [0.05, 0.1) is 17.3 Å². The number of benzene rings is 2. The number of pyridine rings is 1. The van der Waals surface area contributed by atoms with E-state index in [0.29, 0.717) is 26.1 Å². The van der Waals surface area contributed by atoms with Crippen LogP contribution in [0.5, 0.6) is 0 Å². The molecule has 3 amide bonds. The molecule has 58 heavy (non-hydrogen) atoms. The Morgan fingerprint density at radius 3 is 2.24 bits per heavy atom. The van der Waals surface area contributed by atoms with E-state index in [9.17, 15) is 14.4 Å². The number of nitrogens with one attached hydrogen (secondary N) is 3. The number of hydrogen-bond donors (Lipinski definition) is 3. The van der Waals surface area contributed by atoms with Crippen LogP contribution < -0.4 is 16.0 Å². The molecule has 4 aromatic rings. The van der Waals surface area contributed by atoms with Crippen LogP contribution in [0.1, 0.15) is 96.0 Å². The maximum absolute atomic E-state index is 13.1. The third-order valence-corrected chi connectivity index (χ3v) is 10.9. The van der Waals surface area contributed by atoms with Crippen molar-refractivity contribution in [2.75, 3.05) is 38.2 Å². The van der Waals surface area contributed by atoms with Gasteiger partial charge in [0.15, 0.2) is 5.65 Å². The SMILES string of the molecule is CCc1nc2c(cnn2CC)c(NC2CCOCC2)c1CNC(=O)CCCC(=O)NCc1cccc(-c2cccc(CN3CCN(C(=O)OC(C)(C)C)[C@@H](C)C3)c2)c1. The first-order valence-corrected chi connectivity index (χ1v) is 21.1. The van der Waals surface area contributed by atoms with Crippen molar-refractivity contribution in [2.24, 2.45) is 0 Å². The lowest BCUT2D eigenvalue weighted by Gasteiger charge is -2.40. The maximum Gasteiger partial charge on any atom is 0.410 e. The van der Waals surface area contributed by atoms with Crippen molar-refractivity contribution in [1.29, 1.82) is 0 Å². The molecule has 0 spiro atoms. The minimum absolute atomic E-state index is 0.0604. The van der Waals surface area contributed by atoms with Crippen LogP contribution in [0.4, 0.5) is 10.5 Å². The van der Waals surface area contributed by atoms with Crippen LogP contribution in [0.15, 0.2) is 54.7 Å². The summed E-state index contributed by atoms with van der Waals surface area (Å²) in [6, 6.07) is 17.1. The monoisotopic (exact) mass is 794 g/mol. The zero-order valence-electron chi connectivity index (χ0n) is 35.2. The van der Waals surface area contributed by atoms with Crippen molar-refractivity contribution >= 4 is 34.6 Å². The van der Waals surface area contributed by atoms with E-state index in [1.165, 1.54) is 5.56 Å². The van der Waals surface area contributed by atoms with E-state index >= 15 is 0 Å². The highest BCUT2D eigenvalue weighted by molar-refractivity contribution is 5.92. The van der Waals surface area contributed by atoms with Gasteiger partial charge in [-0.1, -0.05) is 43.3 Å². The largest absolute Gasteiger partial charge is 0.444 e. The quantitative estimate of drug-likeness (QED) is 0.118. The van der Waals surface area contributed by atoms with E-state index in [4.69, 9.17) is 14.5 Å². The molecule has 2 aliphatic heterocycles. The Morgan fingerprint density at radius 1 is 0.914 bits per heavy atom. The van der Waals surface area contributed by atoms with E-state index in [1.807, 2.05) is 48.7 Å². The second-order valence-corrected chi connectivity index (χ2v) is 16.6. The van der Waals surface area contributed by atoms with Crippen LogP contribution in [0.2, 0.25) is 0 Å². The third-order valence-electron chi connectivity index (χ3n) is 10.9. The Balaban J connectivity index is 0.969. The van der Waals surface area contributed by atoms with Crippen molar-refractivity contribution in [3.63, 3.8) is 0 Å². The van der Waals surface area contributed by atoms with Crippen LogP contribution >= 0.6 is 0 Å². The van der Waals surface area contributed by atoms with Gasteiger partial charge in [-0.3, -0.25) is 14.5 Å². The summed E-state index contributed by atoms with van der Waals surface area (Å²) in [6.07, 6.45) is 5.15. The van der Waals surface area contributed by atoms with Gasteiger partial charge in [0.25, 0.3) is 0 Å². The molecule has 2 aromatic carbocycles. The van der Waals surface area contributed by atoms with Gasteiger partial charge in [0.1, 0.15) is 5.60 Å². The Labute approximate surface area is 343 Å². The van der Waals surface area contributed by atoms with Gasteiger partial charge < -0.3 is 30.3 Å². The highest BCUT2D eigenvalue weighted by Crippen LogP contribution is 2.31. The van der Waals surface area contributed by atoms with Gasteiger partial charge in [-0.05, 0) is 94.7 Å². The van der Waals surface area contributed by atoms with Crippen molar-refractivity contribution in [3.8, 4) is 11.1 Å². The Bertz CT molecular complexity index is 2030. The molecule has 0 radical (unpaired) electrons. The van der Waals surface area contributed by atoms with E-state index in [2.05, 4.69) is 83.1 Å². The zero-order valence-corrected chi connectivity index (χ0v) is 35.2. The second-order valence-electron chi connectivity index (χ2n) is 16.6. The number of carbonyl (C=O) groups is 3. The number of nitrogens with zero attached hydrogens (tertiary/aromatic N) is 5. The molecule has 2 aromatic heterocycles. The first kappa shape index (κ1) is 42.6. The number of anilines is 1. The number of ether oxygens (including phenoxy) is 2. The molecule has 3 N–H and O–H groups in total. The molecule has 1 atom stereocenters. The Morgan fingerprint density at radius 2 is 1.59 bits per heavy atom. The molecular weight excluding hydrogens is 733 g/mol. The number of fused-ring (bicyclic) bond motifs is 1. The molecule has 2 fully saturated rings.